The third-order valence-electron chi connectivity index (χ3n) is 4.31. The summed E-state index contributed by atoms with van der Waals surface area (Å²) >= 11 is 0. The summed E-state index contributed by atoms with van der Waals surface area (Å²) in [6.45, 7) is 2.98. The lowest BCUT2D eigenvalue weighted by Gasteiger charge is -2.22. The third-order valence-corrected chi connectivity index (χ3v) is 4.31. The first kappa shape index (κ1) is 13.8. The van der Waals surface area contributed by atoms with E-state index in [1.807, 2.05) is 12.3 Å². The Bertz CT molecular complexity index is 800. The number of rotatable bonds is 3. The summed E-state index contributed by atoms with van der Waals surface area (Å²) in [5, 5.41) is 0. The molecule has 1 aromatic heterocycles. The van der Waals surface area contributed by atoms with Gasteiger partial charge in [-0.1, -0.05) is 43.3 Å². The average Bonchev–Trinajstić information content (AvgIpc) is 3.03. The number of anilines is 4. The minimum atomic E-state index is 0.785. The van der Waals surface area contributed by atoms with Gasteiger partial charge < -0.3 is 9.80 Å². The number of fused-ring (bicyclic) bond motifs is 1. The molecule has 0 aliphatic carbocycles. The smallest absolute Gasteiger partial charge is 0.158 e. The lowest BCUT2D eigenvalue weighted by atomic mass is 10.1. The zero-order chi connectivity index (χ0) is 15.6. The Morgan fingerprint density at radius 2 is 1.43 bits per heavy atom. The molecule has 0 saturated heterocycles. The van der Waals surface area contributed by atoms with Crippen molar-refractivity contribution in [3.63, 3.8) is 0 Å². The number of pyridine rings is 1. The Morgan fingerprint density at radius 3 is 2.04 bits per heavy atom. The van der Waals surface area contributed by atoms with Gasteiger partial charge in [-0.2, -0.15) is 0 Å². The topological polar surface area (TPSA) is 19.4 Å². The summed E-state index contributed by atoms with van der Waals surface area (Å²) in [7, 11) is 0. The van der Waals surface area contributed by atoms with E-state index in [2.05, 4.69) is 82.4 Å². The molecule has 0 bridgehead atoms. The Labute approximate surface area is 136 Å². The second kappa shape index (κ2) is 5.76. The van der Waals surface area contributed by atoms with E-state index >= 15 is 0 Å². The SMILES string of the molecule is CCc1ccnc2c1N(c1ccccc1)CN2c1ccccc1. The van der Waals surface area contributed by atoms with Gasteiger partial charge in [-0.15, -0.1) is 0 Å². The zero-order valence-electron chi connectivity index (χ0n) is 13.2. The van der Waals surface area contributed by atoms with E-state index in [-0.39, 0.29) is 0 Å². The number of para-hydroxylation sites is 2. The molecule has 1 aliphatic rings. The van der Waals surface area contributed by atoms with Crippen LogP contribution in [0.25, 0.3) is 0 Å². The minimum absolute atomic E-state index is 0.785. The highest BCUT2D eigenvalue weighted by Gasteiger charge is 2.30. The molecule has 3 heteroatoms. The maximum Gasteiger partial charge on any atom is 0.158 e. The maximum atomic E-state index is 4.69. The molecule has 2 aromatic carbocycles. The van der Waals surface area contributed by atoms with Crippen LogP contribution in [0.5, 0.6) is 0 Å². The molecule has 3 nitrogen and oxygen atoms in total. The molecule has 0 unspecified atom stereocenters. The van der Waals surface area contributed by atoms with Crippen molar-refractivity contribution in [3.8, 4) is 0 Å². The van der Waals surface area contributed by atoms with Crippen LogP contribution >= 0.6 is 0 Å². The second-order valence-electron chi connectivity index (χ2n) is 5.66. The van der Waals surface area contributed by atoms with Crippen molar-refractivity contribution in [3.05, 3.63) is 78.5 Å². The molecule has 3 aromatic rings. The van der Waals surface area contributed by atoms with Crippen LogP contribution in [0, 0.1) is 0 Å². The van der Waals surface area contributed by atoms with Gasteiger partial charge >= 0.3 is 0 Å². The lowest BCUT2D eigenvalue weighted by Crippen LogP contribution is -2.24. The first-order valence-corrected chi connectivity index (χ1v) is 8.01. The molecule has 114 valence electrons. The quantitative estimate of drug-likeness (QED) is 0.686. The van der Waals surface area contributed by atoms with Crippen molar-refractivity contribution in [2.45, 2.75) is 13.3 Å². The van der Waals surface area contributed by atoms with Crippen molar-refractivity contribution in [1.82, 2.24) is 4.98 Å². The van der Waals surface area contributed by atoms with E-state index in [0.29, 0.717) is 0 Å². The Balaban J connectivity index is 1.87. The highest BCUT2D eigenvalue weighted by atomic mass is 15.4. The molecular formula is C20H19N3. The number of hydrogen-bond donors (Lipinski definition) is 0. The number of hydrogen-bond acceptors (Lipinski definition) is 3. The van der Waals surface area contributed by atoms with E-state index in [1.165, 1.54) is 22.6 Å². The standard InChI is InChI=1S/C20H19N3/c1-2-16-13-14-21-20-19(16)22(17-9-5-3-6-10-17)15-23(20)18-11-7-4-8-12-18/h3-14H,2,15H2,1H3. The van der Waals surface area contributed by atoms with Crippen molar-refractivity contribution >= 4 is 22.9 Å². The first-order valence-electron chi connectivity index (χ1n) is 8.01. The van der Waals surface area contributed by atoms with Crippen molar-refractivity contribution in [1.29, 1.82) is 0 Å². The van der Waals surface area contributed by atoms with E-state index in [9.17, 15) is 0 Å². The third kappa shape index (κ3) is 2.34. The molecule has 2 heterocycles. The summed E-state index contributed by atoms with van der Waals surface area (Å²) < 4.78 is 0. The van der Waals surface area contributed by atoms with Gasteiger partial charge in [-0.25, -0.2) is 4.98 Å². The number of aryl methyl sites for hydroxylation is 1. The second-order valence-corrected chi connectivity index (χ2v) is 5.66. The van der Waals surface area contributed by atoms with Crippen LogP contribution in [0.2, 0.25) is 0 Å². The molecule has 0 radical (unpaired) electrons. The van der Waals surface area contributed by atoms with Gasteiger partial charge in [0.15, 0.2) is 5.82 Å². The van der Waals surface area contributed by atoms with Crippen LogP contribution in [0.15, 0.2) is 72.9 Å². The van der Waals surface area contributed by atoms with Gasteiger partial charge in [0, 0.05) is 17.6 Å². The summed E-state index contributed by atoms with van der Waals surface area (Å²) in [4.78, 5) is 9.32. The molecule has 0 fully saturated rings. The number of aromatic nitrogens is 1. The monoisotopic (exact) mass is 301 g/mol. The van der Waals surface area contributed by atoms with Crippen molar-refractivity contribution in [2.24, 2.45) is 0 Å². The molecule has 0 spiro atoms. The number of benzene rings is 2. The zero-order valence-corrected chi connectivity index (χ0v) is 13.2. The highest BCUT2D eigenvalue weighted by molar-refractivity contribution is 5.86. The molecule has 0 amide bonds. The summed E-state index contributed by atoms with van der Waals surface area (Å²) in [6, 6.07) is 23.1. The molecule has 1 aliphatic heterocycles. The van der Waals surface area contributed by atoms with E-state index in [0.717, 1.165) is 18.9 Å². The molecule has 0 N–H and O–H groups in total. The van der Waals surface area contributed by atoms with Gasteiger partial charge in [0.05, 0.1) is 5.69 Å². The van der Waals surface area contributed by atoms with Crippen LogP contribution in [-0.4, -0.2) is 11.7 Å². The predicted octanol–water partition coefficient (Wildman–Crippen LogP) is 4.89. The van der Waals surface area contributed by atoms with Gasteiger partial charge in [0.1, 0.15) is 6.67 Å². The van der Waals surface area contributed by atoms with Crippen LogP contribution in [0.1, 0.15) is 12.5 Å². The average molecular weight is 301 g/mol. The fourth-order valence-corrected chi connectivity index (χ4v) is 3.17. The molecular weight excluding hydrogens is 282 g/mol. The summed E-state index contributed by atoms with van der Waals surface area (Å²) in [5.74, 6) is 1.04. The normalized spacial score (nSPS) is 13.3. The first-order chi connectivity index (χ1) is 11.4. The predicted molar refractivity (Wildman–Crippen MR) is 95.6 cm³/mol. The Kier molecular flexibility index (Phi) is 3.46. The Morgan fingerprint density at radius 1 is 0.826 bits per heavy atom. The molecule has 0 saturated carbocycles. The van der Waals surface area contributed by atoms with Crippen LogP contribution in [0.3, 0.4) is 0 Å². The molecule has 23 heavy (non-hydrogen) atoms. The molecule has 0 atom stereocenters. The van der Waals surface area contributed by atoms with Crippen LogP contribution in [-0.2, 0) is 6.42 Å². The van der Waals surface area contributed by atoms with Gasteiger partial charge in [-0.3, -0.25) is 0 Å². The summed E-state index contributed by atoms with van der Waals surface area (Å²) in [6.07, 6.45) is 2.92. The van der Waals surface area contributed by atoms with Crippen LogP contribution in [0.4, 0.5) is 22.9 Å². The fourth-order valence-electron chi connectivity index (χ4n) is 3.17. The lowest BCUT2D eigenvalue weighted by molar-refractivity contribution is 0.978. The van der Waals surface area contributed by atoms with Crippen molar-refractivity contribution < 1.29 is 0 Å². The fraction of sp³-hybridized carbons (Fsp3) is 0.150. The van der Waals surface area contributed by atoms with Gasteiger partial charge in [0.2, 0.25) is 0 Å². The van der Waals surface area contributed by atoms with E-state index in [4.69, 9.17) is 0 Å². The van der Waals surface area contributed by atoms with Gasteiger partial charge in [-0.05, 0) is 42.3 Å². The molecule has 4 rings (SSSR count). The number of nitrogens with zero attached hydrogens (tertiary/aromatic N) is 3. The van der Waals surface area contributed by atoms with Crippen molar-refractivity contribution in [2.75, 3.05) is 16.5 Å². The van der Waals surface area contributed by atoms with Gasteiger partial charge in [0.25, 0.3) is 0 Å². The summed E-state index contributed by atoms with van der Waals surface area (Å²) in [5.41, 5.74) is 4.94. The maximum absolute atomic E-state index is 4.69. The van der Waals surface area contributed by atoms with Crippen LogP contribution < -0.4 is 9.80 Å². The van der Waals surface area contributed by atoms with E-state index in [1.54, 1.807) is 0 Å². The van der Waals surface area contributed by atoms with E-state index < -0.39 is 0 Å². The largest absolute Gasteiger partial charge is 0.319 e. The highest BCUT2D eigenvalue weighted by Crippen LogP contribution is 2.44. The minimum Gasteiger partial charge on any atom is -0.319 e. The Hall–Kier alpha value is -2.81.